The van der Waals surface area contributed by atoms with Gasteiger partial charge in [0.15, 0.2) is 0 Å². The smallest absolute Gasteiger partial charge is 0.145 e. The van der Waals surface area contributed by atoms with E-state index in [2.05, 4.69) is 4.98 Å². The fourth-order valence-electron chi connectivity index (χ4n) is 2.35. The number of imidazole rings is 1. The Hall–Kier alpha value is -1.39. The molecular formula is C14H13ClN2OS. The molecule has 0 aliphatic carbocycles. The minimum Gasteiger partial charge on any atom is -0.302 e. The first-order valence-electron chi connectivity index (χ1n) is 5.92. The normalized spacial score (nSPS) is 13.2. The monoisotopic (exact) mass is 292 g/mol. The summed E-state index contributed by atoms with van der Waals surface area (Å²) in [5, 5.41) is 2.73. The van der Waals surface area contributed by atoms with Crippen LogP contribution < -0.4 is 0 Å². The van der Waals surface area contributed by atoms with E-state index in [1.165, 1.54) is 0 Å². The first-order valence-corrected chi connectivity index (χ1v) is 8.03. The van der Waals surface area contributed by atoms with Crippen molar-refractivity contribution in [3.05, 3.63) is 46.9 Å². The van der Waals surface area contributed by atoms with Gasteiger partial charge in [-0.05, 0) is 19.1 Å². The molecule has 0 fully saturated rings. The fourth-order valence-corrected chi connectivity index (χ4v) is 3.32. The molecule has 2 aromatic heterocycles. The zero-order valence-corrected chi connectivity index (χ0v) is 12.3. The molecule has 0 aliphatic rings. The second kappa shape index (κ2) is 4.62. The zero-order chi connectivity index (χ0) is 13.6. The summed E-state index contributed by atoms with van der Waals surface area (Å²) in [4.78, 5) is 4.61. The van der Waals surface area contributed by atoms with Crippen molar-refractivity contribution < 1.29 is 4.21 Å². The molecule has 1 atom stereocenters. The lowest BCUT2D eigenvalue weighted by Crippen LogP contribution is -1.99. The van der Waals surface area contributed by atoms with E-state index in [1.54, 1.807) is 6.26 Å². The van der Waals surface area contributed by atoms with Crippen LogP contribution in [0, 0.1) is 6.92 Å². The SMILES string of the molecule is Cc1nc2c3cccc(Cl)c3ccn2c1CS(C)=O. The van der Waals surface area contributed by atoms with Crippen LogP contribution in [0.4, 0.5) is 0 Å². The summed E-state index contributed by atoms with van der Waals surface area (Å²) < 4.78 is 13.5. The van der Waals surface area contributed by atoms with E-state index in [-0.39, 0.29) is 0 Å². The Bertz CT molecular complexity index is 810. The Kier molecular flexibility index (Phi) is 3.07. The third kappa shape index (κ3) is 2.05. The van der Waals surface area contributed by atoms with Crippen molar-refractivity contribution in [2.45, 2.75) is 12.7 Å². The number of hydrogen-bond donors (Lipinski definition) is 0. The summed E-state index contributed by atoms with van der Waals surface area (Å²) in [6.07, 6.45) is 3.66. The number of nitrogens with zero attached hydrogens (tertiary/aromatic N) is 2. The molecule has 3 rings (SSSR count). The third-order valence-electron chi connectivity index (χ3n) is 3.23. The number of halogens is 1. The largest absolute Gasteiger partial charge is 0.302 e. The molecule has 1 aromatic carbocycles. The molecular weight excluding hydrogens is 280 g/mol. The molecule has 1 unspecified atom stereocenters. The molecule has 19 heavy (non-hydrogen) atoms. The minimum atomic E-state index is -0.886. The lowest BCUT2D eigenvalue weighted by Gasteiger charge is -2.04. The van der Waals surface area contributed by atoms with Gasteiger partial charge in [0.1, 0.15) is 5.65 Å². The van der Waals surface area contributed by atoms with Crippen LogP contribution in [0.15, 0.2) is 30.5 Å². The Morgan fingerprint density at radius 3 is 2.84 bits per heavy atom. The first-order chi connectivity index (χ1) is 9.08. The van der Waals surface area contributed by atoms with E-state index in [0.717, 1.165) is 32.8 Å². The summed E-state index contributed by atoms with van der Waals surface area (Å²) in [5.41, 5.74) is 2.79. The Morgan fingerprint density at radius 2 is 2.11 bits per heavy atom. The van der Waals surface area contributed by atoms with Crippen LogP contribution in [0.2, 0.25) is 5.02 Å². The Labute approximate surface area is 118 Å². The molecule has 5 heteroatoms. The summed E-state index contributed by atoms with van der Waals surface area (Å²) in [5.74, 6) is 0.513. The highest BCUT2D eigenvalue weighted by Crippen LogP contribution is 2.27. The molecule has 0 saturated heterocycles. The average molecular weight is 293 g/mol. The quantitative estimate of drug-likeness (QED) is 0.726. The average Bonchev–Trinajstić information content (AvgIpc) is 2.67. The van der Waals surface area contributed by atoms with E-state index in [1.807, 2.05) is 41.8 Å². The molecule has 98 valence electrons. The van der Waals surface area contributed by atoms with Crippen molar-refractivity contribution in [3.63, 3.8) is 0 Å². The molecule has 0 radical (unpaired) electrons. The van der Waals surface area contributed by atoms with E-state index >= 15 is 0 Å². The fraction of sp³-hybridized carbons (Fsp3) is 0.214. The van der Waals surface area contributed by atoms with Crippen molar-refractivity contribution >= 4 is 38.8 Å². The van der Waals surface area contributed by atoms with Gasteiger partial charge in [-0.15, -0.1) is 0 Å². The van der Waals surface area contributed by atoms with Gasteiger partial charge in [-0.1, -0.05) is 23.7 Å². The molecule has 0 amide bonds. The highest BCUT2D eigenvalue weighted by atomic mass is 35.5. The molecule has 0 aliphatic heterocycles. The lowest BCUT2D eigenvalue weighted by molar-refractivity contribution is 0.685. The van der Waals surface area contributed by atoms with Gasteiger partial charge in [0, 0.05) is 39.0 Å². The minimum absolute atomic E-state index is 0.513. The van der Waals surface area contributed by atoms with E-state index in [0.29, 0.717) is 5.75 Å². The van der Waals surface area contributed by atoms with Gasteiger partial charge in [0.2, 0.25) is 0 Å². The molecule has 3 aromatic rings. The van der Waals surface area contributed by atoms with Gasteiger partial charge < -0.3 is 4.40 Å². The molecule has 3 nitrogen and oxygen atoms in total. The number of rotatable bonds is 2. The summed E-state index contributed by atoms with van der Waals surface area (Å²) in [7, 11) is -0.886. The zero-order valence-electron chi connectivity index (χ0n) is 10.7. The maximum atomic E-state index is 11.5. The lowest BCUT2D eigenvalue weighted by atomic mass is 10.2. The van der Waals surface area contributed by atoms with Gasteiger partial charge in [-0.2, -0.15) is 0 Å². The number of aromatic nitrogens is 2. The van der Waals surface area contributed by atoms with Gasteiger partial charge >= 0.3 is 0 Å². The van der Waals surface area contributed by atoms with E-state index < -0.39 is 10.8 Å². The summed E-state index contributed by atoms with van der Waals surface area (Å²) in [6.45, 7) is 1.95. The maximum absolute atomic E-state index is 11.5. The van der Waals surface area contributed by atoms with Crippen molar-refractivity contribution in [1.82, 2.24) is 9.38 Å². The molecule has 2 heterocycles. The van der Waals surface area contributed by atoms with Crippen LogP contribution >= 0.6 is 11.6 Å². The predicted octanol–water partition coefficient (Wildman–Crippen LogP) is 3.33. The van der Waals surface area contributed by atoms with Crippen LogP contribution in [0.3, 0.4) is 0 Å². The molecule has 0 N–H and O–H groups in total. The number of benzene rings is 1. The van der Waals surface area contributed by atoms with Crippen LogP contribution in [0.25, 0.3) is 16.4 Å². The Morgan fingerprint density at radius 1 is 1.32 bits per heavy atom. The second-order valence-corrected chi connectivity index (χ2v) is 6.41. The number of hydrogen-bond acceptors (Lipinski definition) is 2. The predicted molar refractivity (Wildman–Crippen MR) is 80.2 cm³/mol. The third-order valence-corrected chi connectivity index (χ3v) is 4.24. The van der Waals surface area contributed by atoms with Crippen LogP contribution in [0.1, 0.15) is 11.4 Å². The summed E-state index contributed by atoms with van der Waals surface area (Å²) in [6, 6.07) is 7.79. The molecule has 0 bridgehead atoms. The number of pyridine rings is 1. The molecule has 0 spiro atoms. The van der Waals surface area contributed by atoms with Gasteiger partial charge in [-0.3, -0.25) is 4.21 Å². The van der Waals surface area contributed by atoms with Crippen LogP contribution in [-0.4, -0.2) is 19.8 Å². The van der Waals surface area contributed by atoms with Crippen molar-refractivity contribution in [2.75, 3.05) is 6.26 Å². The van der Waals surface area contributed by atoms with E-state index in [4.69, 9.17) is 11.6 Å². The van der Waals surface area contributed by atoms with Crippen molar-refractivity contribution in [3.8, 4) is 0 Å². The number of fused-ring (bicyclic) bond motifs is 3. The number of aryl methyl sites for hydroxylation is 1. The van der Waals surface area contributed by atoms with Gasteiger partial charge in [0.25, 0.3) is 0 Å². The van der Waals surface area contributed by atoms with Crippen molar-refractivity contribution in [2.24, 2.45) is 0 Å². The Balaban J connectivity index is 2.39. The maximum Gasteiger partial charge on any atom is 0.145 e. The van der Waals surface area contributed by atoms with Crippen molar-refractivity contribution in [1.29, 1.82) is 0 Å². The van der Waals surface area contributed by atoms with Crippen LogP contribution in [0.5, 0.6) is 0 Å². The van der Waals surface area contributed by atoms with Gasteiger partial charge in [-0.25, -0.2) is 4.98 Å². The second-order valence-electron chi connectivity index (χ2n) is 4.57. The van der Waals surface area contributed by atoms with Gasteiger partial charge in [0.05, 0.1) is 17.1 Å². The topological polar surface area (TPSA) is 34.4 Å². The highest BCUT2D eigenvalue weighted by Gasteiger charge is 2.13. The van der Waals surface area contributed by atoms with Crippen LogP contribution in [-0.2, 0) is 16.6 Å². The first kappa shape index (κ1) is 12.6. The summed E-state index contributed by atoms with van der Waals surface area (Å²) >= 11 is 6.20. The standard InChI is InChI=1S/C14H13ClN2OS/c1-9-13(8-19(2)18)17-7-6-10-11(14(17)16-9)4-3-5-12(10)15/h3-7H,8H2,1-2H3. The highest BCUT2D eigenvalue weighted by molar-refractivity contribution is 7.83. The van der Waals surface area contributed by atoms with E-state index in [9.17, 15) is 4.21 Å². The molecule has 0 saturated carbocycles.